The number of aliphatic hydroxyl groups excluding tert-OH is 1. The van der Waals surface area contributed by atoms with E-state index in [0.717, 1.165) is 25.9 Å². The highest BCUT2D eigenvalue weighted by Gasteiger charge is 2.57. The van der Waals surface area contributed by atoms with Crippen LogP contribution in [-0.4, -0.2) is 53.5 Å². The zero-order chi connectivity index (χ0) is 20.2. The molecule has 1 spiro atoms. The van der Waals surface area contributed by atoms with Gasteiger partial charge >= 0.3 is 0 Å². The van der Waals surface area contributed by atoms with Crippen molar-refractivity contribution in [1.29, 1.82) is 0 Å². The van der Waals surface area contributed by atoms with E-state index < -0.39 is 5.79 Å². The maximum atomic E-state index is 9.58. The monoisotopic (exact) mass is 385 g/mol. The van der Waals surface area contributed by atoms with Gasteiger partial charge in [0.25, 0.3) is 0 Å². The second-order valence-corrected chi connectivity index (χ2v) is 10.3. The van der Waals surface area contributed by atoms with Crippen molar-refractivity contribution in [2.24, 2.45) is 5.41 Å². The molecule has 0 bridgehead atoms. The number of rotatable bonds is 9. The highest BCUT2D eigenvalue weighted by molar-refractivity contribution is 5.02. The lowest BCUT2D eigenvalue weighted by Gasteiger charge is -2.59. The molecule has 0 aromatic carbocycles. The summed E-state index contributed by atoms with van der Waals surface area (Å²) >= 11 is 0. The van der Waals surface area contributed by atoms with Crippen molar-refractivity contribution in [3.63, 3.8) is 0 Å². The number of piperidine rings is 1. The van der Waals surface area contributed by atoms with Gasteiger partial charge in [-0.25, -0.2) is 0 Å². The number of ether oxygens (including phenoxy) is 2. The van der Waals surface area contributed by atoms with E-state index in [2.05, 4.69) is 39.7 Å². The van der Waals surface area contributed by atoms with Gasteiger partial charge in [-0.05, 0) is 34.1 Å². The Labute approximate surface area is 166 Å². The highest BCUT2D eigenvalue weighted by atomic mass is 16.7. The maximum Gasteiger partial charge on any atom is 0.171 e. The Morgan fingerprint density at radius 3 is 1.89 bits per heavy atom. The van der Waals surface area contributed by atoms with Crippen molar-refractivity contribution in [2.75, 3.05) is 26.4 Å². The van der Waals surface area contributed by atoms with Crippen LogP contribution in [0.4, 0.5) is 0 Å². The zero-order valence-electron chi connectivity index (χ0n) is 18.6. The largest absolute Gasteiger partial charge is 0.396 e. The van der Waals surface area contributed by atoms with Gasteiger partial charge in [-0.3, -0.25) is 4.84 Å². The third-order valence-corrected chi connectivity index (χ3v) is 5.97. The van der Waals surface area contributed by atoms with E-state index in [9.17, 15) is 5.11 Å². The topological polar surface area (TPSA) is 51.2 Å². The van der Waals surface area contributed by atoms with Crippen LogP contribution in [0.15, 0.2) is 0 Å². The molecule has 0 aromatic heterocycles. The number of hydroxylamine groups is 2. The average molecular weight is 386 g/mol. The zero-order valence-corrected chi connectivity index (χ0v) is 18.6. The van der Waals surface area contributed by atoms with Gasteiger partial charge in [-0.2, -0.15) is 5.06 Å². The minimum absolute atomic E-state index is 0.0867. The summed E-state index contributed by atoms with van der Waals surface area (Å²) in [7, 11) is 0. The molecule has 2 heterocycles. The van der Waals surface area contributed by atoms with Crippen LogP contribution in [-0.2, 0) is 14.3 Å². The summed E-state index contributed by atoms with van der Waals surface area (Å²) in [5.41, 5.74) is -0.668. The molecule has 5 heteroatoms. The van der Waals surface area contributed by atoms with Gasteiger partial charge in [-0.15, -0.1) is 0 Å². The van der Waals surface area contributed by atoms with E-state index in [0.29, 0.717) is 13.2 Å². The summed E-state index contributed by atoms with van der Waals surface area (Å²) in [6, 6.07) is 0. The molecule has 2 saturated heterocycles. The molecule has 2 fully saturated rings. The van der Waals surface area contributed by atoms with Gasteiger partial charge in [0.2, 0.25) is 0 Å². The lowest BCUT2D eigenvalue weighted by atomic mass is 9.77. The van der Waals surface area contributed by atoms with Gasteiger partial charge in [0.1, 0.15) is 0 Å². The molecule has 0 aromatic rings. The second kappa shape index (κ2) is 9.08. The molecule has 0 saturated carbocycles. The van der Waals surface area contributed by atoms with Crippen molar-refractivity contribution in [1.82, 2.24) is 5.06 Å². The van der Waals surface area contributed by atoms with Crippen LogP contribution >= 0.6 is 0 Å². The Morgan fingerprint density at radius 1 is 0.852 bits per heavy atom. The summed E-state index contributed by atoms with van der Waals surface area (Å²) in [6.45, 7) is 15.0. The van der Waals surface area contributed by atoms with Crippen LogP contribution < -0.4 is 0 Å². The Kier molecular flexibility index (Phi) is 7.76. The van der Waals surface area contributed by atoms with Crippen molar-refractivity contribution in [3.8, 4) is 0 Å². The smallest absolute Gasteiger partial charge is 0.171 e. The minimum Gasteiger partial charge on any atom is -0.396 e. The normalized spacial score (nSPS) is 26.3. The van der Waals surface area contributed by atoms with Crippen molar-refractivity contribution >= 4 is 0 Å². The number of hydrogen-bond donors (Lipinski definition) is 1. The molecular weight excluding hydrogens is 342 g/mol. The van der Waals surface area contributed by atoms with Gasteiger partial charge in [0.05, 0.1) is 26.4 Å². The van der Waals surface area contributed by atoms with Crippen molar-refractivity contribution < 1.29 is 19.4 Å². The van der Waals surface area contributed by atoms with E-state index in [4.69, 9.17) is 14.3 Å². The molecule has 1 N–H and O–H groups in total. The van der Waals surface area contributed by atoms with Gasteiger partial charge < -0.3 is 14.6 Å². The molecule has 5 nitrogen and oxygen atoms in total. The third-order valence-electron chi connectivity index (χ3n) is 5.97. The molecule has 0 aliphatic carbocycles. The SMILES string of the molecule is CCCCCCCCON1C(C)(C)CC2(CC1(C)C)OCC(C)(CO)CO2. The second-order valence-electron chi connectivity index (χ2n) is 10.3. The highest BCUT2D eigenvalue weighted by Crippen LogP contribution is 2.48. The van der Waals surface area contributed by atoms with Crippen LogP contribution in [0.25, 0.3) is 0 Å². The molecule has 2 aliphatic heterocycles. The predicted molar refractivity (Wildman–Crippen MR) is 108 cm³/mol. The molecular formula is C22H43NO4. The lowest BCUT2D eigenvalue weighted by molar-refractivity contribution is -0.382. The molecule has 2 rings (SSSR count). The third kappa shape index (κ3) is 5.89. The first-order valence-electron chi connectivity index (χ1n) is 10.9. The number of hydrogen-bond acceptors (Lipinski definition) is 5. The first kappa shape index (κ1) is 23.1. The Morgan fingerprint density at radius 2 is 1.37 bits per heavy atom. The molecule has 0 radical (unpaired) electrons. The minimum atomic E-state index is -0.582. The van der Waals surface area contributed by atoms with Crippen LogP contribution in [0.2, 0.25) is 0 Å². The number of unbranched alkanes of at least 4 members (excludes halogenated alkanes) is 5. The van der Waals surface area contributed by atoms with E-state index in [1.807, 2.05) is 6.92 Å². The Balaban J connectivity index is 1.90. The first-order chi connectivity index (χ1) is 12.6. The summed E-state index contributed by atoms with van der Waals surface area (Å²) in [4.78, 5) is 6.30. The van der Waals surface area contributed by atoms with Crippen LogP contribution in [0.5, 0.6) is 0 Å². The molecule has 0 atom stereocenters. The quantitative estimate of drug-likeness (QED) is 0.584. The Hall–Kier alpha value is -0.200. The fourth-order valence-corrected chi connectivity index (χ4v) is 4.72. The summed E-state index contributed by atoms with van der Waals surface area (Å²) in [5, 5.41) is 11.8. The van der Waals surface area contributed by atoms with Crippen LogP contribution in [0.3, 0.4) is 0 Å². The maximum absolute atomic E-state index is 9.58. The van der Waals surface area contributed by atoms with Crippen molar-refractivity contribution in [3.05, 3.63) is 0 Å². The Bertz CT molecular complexity index is 435. The number of nitrogens with zero attached hydrogens (tertiary/aromatic N) is 1. The van der Waals surface area contributed by atoms with Gasteiger partial charge in [0.15, 0.2) is 5.79 Å². The van der Waals surface area contributed by atoms with E-state index in [1.165, 1.54) is 32.1 Å². The number of aliphatic hydroxyl groups is 1. The van der Waals surface area contributed by atoms with Crippen molar-refractivity contribution in [2.45, 2.75) is 110 Å². The van der Waals surface area contributed by atoms with Gasteiger partial charge in [0, 0.05) is 29.3 Å². The van der Waals surface area contributed by atoms with Crippen LogP contribution in [0.1, 0.15) is 92.9 Å². The molecule has 0 amide bonds. The van der Waals surface area contributed by atoms with E-state index in [-0.39, 0.29) is 23.1 Å². The fourth-order valence-electron chi connectivity index (χ4n) is 4.72. The summed E-state index contributed by atoms with van der Waals surface area (Å²) in [5.74, 6) is -0.582. The summed E-state index contributed by atoms with van der Waals surface area (Å²) in [6.07, 6.45) is 9.15. The predicted octanol–water partition coefficient (Wildman–Crippen LogP) is 4.67. The summed E-state index contributed by atoms with van der Waals surface area (Å²) < 4.78 is 12.5. The van der Waals surface area contributed by atoms with E-state index >= 15 is 0 Å². The van der Waals surface area contributed by atoms with E-state index in [1.54, 1.807) is 0 Å². The molecule has 27 heavy (non-hydrogen) atoms. The fraction of sp³-hybridized carbons (Fsp3) is 1.00. The van der Waals surface area contributed by atoms with Gasteiger partial charge in [-0.1, -0.05) is 46.0 Å². The van der Waals surface area contributed by atoms with Crippen LogP contribution in [0, 0.1) is 5.41 Å². The molecule has 0 unspecified atom stereocenters. The lowest BCUT2D eigenvalue weighted by Crippen LogP contribution is -2.68. The standard InChI is InChI=1S/C22H43NO4/c1-7-8-9-10-11-12-13-27-23-19(2,3)14-22(15-20(23,4)5)25-17-21(6,16-24)18-26-22/h24H,7-18H2,1-6H3. The average Bonchev–Trinajstić information content (AvgIpc) is 2.58. The first-order valence-corrected chi connectivity index (χ1v) is 10.9. The molecule has 2 aliphatic rings. The molecule has 160 valence electrons.